The highest BCUT2D eigenvalue weighted by molar-refractivity contribution is 6.30. The van der Waals surface area contributed by atoms with Gasteiger partial charge in [0.05, 0.1) is 18.4 Å². The highest BCUT2D eigenvalue weighted by Gasteiger charge is 2.08. The summed E-state index contributed by atoms with van der Waals surface area (Å²) in [5, 5.41) is 4.45. The lowest BCUT2D eigenvalue weighted by molar-refractivity contribution is -0.123. The van der Waals surface area contributed by atoms with Crippen molar-refractivity contribution < 1.29 is 23.8 Å². The molecule has 0 aliphatic carbocycles. The molecule has 0 heterocycles. The van der Waals surface area contributed by atoms with Gasteiger partial charge in [0.2, 0.25) is 0 Å². The van der Waals surface area contributed by atoms with Gasteiger partial charge in [-0.1, -0.05) is 37.1 Å². The van der Waals surface area contributed by atoms with E-state index in [1.54, 1.807) is 72.8 Å². The molecule has 176 valence electrons. The molecule has 0 fully saturated rings. The van der Waals surface area contributed by atoms with E-state index in [0.29, 0.717) is 34.3 Å². The molecule has 0 saturated carbocycles. The molecule has 0 atom stereocenters. The van der Waals surface area contributed by atoms with Gasteiger partial charge in [0.25, 0.3) is 5.91 Å². The maximum absolute atomic E-state index is 12.2. The van der Waals surface area contributed by atoms with Gasteiger partial charge in [0.1, 0.15) is 17.2 Å². The SMILES string of the molecule is CCCCOc1ccc(OCC(=O)N/N=C\c2cccc(OC(=O)c3ccc(Cl)cc3)c2)cc1. The summed E-state index contributed by atoms with van der Waals surface area (Å²) >= 11 is 5.84. The fraction of sp³-hybridized carbons (Fsp3) is 0.192. The molecular formula is C26H25ClN2O5. The lowest BCUT2D eigenvalue weighted by Crippen LogP contribution is -2.24. The Labute approximate surface area is 203 Å². The number of amides is 1. The summed E-state index contributed by atoms with van der Waals surface area (Å²) < 4.78 is 16.4. The van der Waals surface area contributed by atoms with E-state index in [2.05, 4.69) is 17.5 Å². The van der Waals surface area contributed by atoms with Crippen LogP contribution < -0.4 is 19.6 Å². The molecule has 3 aromatic rings. The minimum atomic E-state index is -0.503. The molecule has 1 N–H and O–H groups in total. The van der Waals surface area contributed by atoms with E-state index in [9.17, 15) is 9.59 Å². The Hall–Kier alpha value is -3.84. The number of carbonyl (C=O) groups is 2. The monoisotopic (exact) mass is 480 g/mol. The van der Waals surface area contributed by atoms with Crippen molar-refractivity contribution in [3.05, 3.63) is 88.9 Å². The second-order valence-electron chi connectivity index (χ2n) is 7.22. The van der Waals surface area contributed by atoms with Gasteiger partial charge in [-0.05, 0) is 72.6 Å². The first-order chi connectivity index (χ1) is 16.5. The van der Waals surface area contributed by atoms with Gasteiger partial charge in [-0.2, -0.15) is 5.10 Å². The molecule has 0 spiro atoms. The van der Waals surface area contributed by atoms with E-state index < -0.39 is 11.9 Å². The Kier molecular flexibility index (Phi) is 9.49. The number of halogens is 1. The number of benzene rings is 3. The van der Waals surface area contributed by atoms with Crippen LogP contribution in [0.15, 0.2) is 77.9 Å². The largest absolute Gasteiger partial charge is 0.494 e. The zero-order valence-electron chi connectivity index (χ0n) is 18.7. The molecule has 0 unspecified atom stereocenters. The zero-order chi connectivity index (χ0) is 24.2. The maximum atomic E-state index is 12.2. The number of rotatable bonds is 11. The predicted molar refractivity (Wildman–Crippen MR) is 131 cm³/mol. The summed E-state index contributed by atoms with van der Waals surface area (Å²) in [4.78, 5) is 24.2. The van der Waals surface area contributed by atoms with Crippen molar-refractivity contribution >= 4 is 29.7 Å². The van der Waals surface area contributed by atoms with E-state index in [1.165, 1.54) is 6.21 Å². The topological polar surface area (TPSA) is 86.2 Å². The second kappa shape index (κ2) is 13.0. The first-order valence-electron chi connectivity index (χ1n) is 10.8. The fourth-order valence-electron chi connectivity index (χ4n) is 2.74. The zero-order valence-corrected chi connectivity index (χ0v) is 19.5. The summed E-state index contributed by atoms with van der Waals surface area (Å²) in [6.07, 6.45) is 3.51. The van der Waals surface area contributed by atoms with Crippen LogP contribution >= 0.6 is 11.6 Å². The molecule has 0 bridgehead atoms. The van der Waals surface area contributed by atoms with E-state index in [0.717, 1.165) is 18.6 Å². The van der Waals surface area contributed by atoms with Gasteiger partial charge in [-0.3, -0.25) is 4.79 Å². The Balaban J connectivity index is 1.44. The molecule has 3 aromatic carbocycles. The predicted octanol–water partition coefficient (Wildman–Crippen LogP) is 5.27. The maximum Gasteiger partial charge on any atom is 0.343 e. The number of nitrogens with one attached hydrogen (secondary N) is 1. The molecule has 34 heavy (non-hydrogen) atoms. The van der Waals surface area contributed by atoms with E-state index in [4.69, 9.17) is 25.8 Å². The van der Waals surface area contributed by atoms with Gasteiger partial charge in [0.15, 0.2) is 6.61 Å². The summed E-state index contributed by atoms with van der Waals surface area (Å²) in [6.45, 7) is 2.59. The number of hydrogen-bond donors (Lipinski definition) is 1. The lowest BCUT2D eigenvalue weighted by Gasteiger charge is -2.08. The van der Waals surface area contributed by atoms with E-state index >= 15 is 0 Å². The number of hydrazone groups is 1. The molecule has 0 aromatic heterocycles. The van der Waals surface area contributed by atoms with Crippen LogP contribution in [-0.2, 0) is 4.79 Å². The summed E-state index contributed by atoms with van der Waals surface area (Å²) in [6, 6.07) is 20.2. The van der Waals surface area contributed by atoms with Crippen LogP contribution in [-0.4, -0.2) is 31.3 Å². The van der Waals surface area contributed by atoms with Crippen molar-refractivity contribution in [2.45, 2.75) is 19.8 Å². The van der Waals surface area contributed by atoms with Crippen molar-refractivity contribution in [2.24, 2.45) is 5.10 Å². The molecular weight excluding hydrogens is 456 g/mol. The lowest BCUT2D eigenvalue weighted by atomic mass is 10.2. The van der Waals surface area contributed by atoms with Gasteiger partial charge < -0.3 is 14.2 Å². The third-order valence-electron chi connectivity index (χ3n) is 4.51. The van der Waals surface area contributed by atoms with Crippen LogP contribution in [0, 0.1) is 0 Å². The van der Waals surface area contributed by atoms with Gasteiger partial charge in [-0.25, -0.2) is 10.2 Å². The third-order valence-corrected chi connectivity index (χ3v) is 4.76. The molecule has 1 amide bonds. The first kappa shape index (κ1) is 24.8. The average molecular weight is 481 g/mol. The molecule has 0 aliphatic heterocycles. The van der Waals surface area contributed by atoms with Gasteiger partial charge in [-0.15, -0.1) is 0 Å². The van der Waals surface area contributed by atoms with Crippen LogP contribution in [0.4, 0.5) is 0 Å². The highest BCUT2D eigenvalue weighted by Crippen LogP contribution is 2.18. The first-order valence-corrected chi connectivity index (χ1v) is 11.2. The van der Waals surface area contributed by atoms with Crippen LogP contribution in [0.5, 0.6) is 17.2 Å². The number of ether oxygens (including phenoxy) is 3. The number of nitrogens with zero attached hydrogens (tertiary/aromatic N) is 1. The Morgan fingerprint density at radius 2 is 1.65 bits per heavy atom. The Morgan fingerprint density at radius 1 is 0.941 bits per heavy atom. The summed E-state index contributed by atoms with van der Waals surface area (Å²) in [7, 11) is 0. The molecule has 0 aliphatic rings. The minimum Gasteiger partial charge on any atom is -0.494 e. The number of hydrogen-bond acceptors (Lipinski definition) is 6. The molecule has 8 heteroatoms. The van der Waals surface area contributed by atoms with Crippen molar-refractivity contribution in [2.75, 3.05) is 13.2 Å². The van der Waals surface area contributed by atoms with Crippen LogP contribution in [0.1, 0.15) is 35.7 Å². The molecule has 0 saturated heterocycles. The summed E-state index contributed by atoms with van der Waals surface area (Å²) in [5.74, 6) is 0.746. The number of esters is 1. The highest BCUT2D eigenvalue weighted by atomic mass is 35.5. The van der Waals surface area contributed by atoms with Gasteiger partial charge in [0, 0.05) is 5.02 Å². The van der Waals surface area contributed by atoms with E-state index in [1.807, 2.05) is 0 Å². The Bertz CT molecular complexity index is 1110. The quantitative estimate of drug-likeness (QED) is 0.133. The van der Waals surface area contributed by atoms with Gasteiger partial charge >= 0.3 is 5.97 Å². The van der Waals surface area contributed by atoms with E-state index in [-0.39, 0.29) is 6.61 Å². The van der Waals surface area contributed by atoms with Crippen LogP contribution in [0.2, 0.25) is 5.02 Å². The van der Waals surface area contributed by atoms with Crippen LogP contribution in [0.25, 0.3) is 0 Å². The number of carbonyl (C=O) groups excluding carboxylic acids is 2. The van der Waals surface area contributed by atoms with Crippen molar-refractivity contribution in [3.8, 4) is 17.2 Å². The Morgan fingerprint density at radius 3 is 2.35 bits per heavy atom. The summed E-state index contributed by atoms with van der Waals surface area (Å²) in [5.41, 5.74) is 3.42. The molecule has 0 radical (unpaired) electrons. The standard InChI is InChI=1S/C26H25ClN2O5/c1-2-3-15-32-22-11-13-23(14-12-22)33-18-25(30)29-28-17-19-5-4-6-24(16-19)34-26(31)20-7-9-21(27)10-8-20/h4-14,16-17H,2-3,15,18H2,1H3,(H,29,30)/b28-17-. The number of unbranched alkanes of at least 4 members (excludes halogenated alkanes) is 1. The van der Waals surface area contributed by atoms with Crippen molar-refractivity contribution in [1.82, 2.24) is 5.43 Å². The minimum absolute atomic E-state index is 0.188. The second-order valence-corrected chi connectivity index (χ2v) is 7.66. The third kappa shape index (κ3) is 8.26. The van der Waals surface area contributed by atoms with Crippen molar-refractivity contribution in [3.63, 3.8) is 0 Å². The van der Waals surface area contributed by atoms with Crippen molar-refractivity contribution in [1.29, 1.82) is 0 Å². The smallest absolute Gasteiger partial charge is 0.343 e. The van der Waals surface area contributed by atoms with Crippen LogP contribution in [0.3, 0.4) is 0 Å². The molecule has 7 nitrogen and oxygen atoms in total. The fourth-order valence-corrected chi connectivity index (χ4v) is 2.86. The molecule has 3 rings (SSSR count). The average Bonchev–Trinajstić information content (AvgIpc) is 2.84. The normalized spacial score (nSPS) is 10.6.